The quantitative estimate of drug-likeness (QED) is 0.751. The minimum absolute atomic E-state index is 0.0379. The number of allylic oxidation sites excluding steroid dienone is 1. The van der Waals surface area contributed by atoms with Gasteiger partial charge >= 0.3 is 5.97 Å². The highest BCUT2D eigenvalue weighted by Crippen LogP contribution is 2.49. The van der Waals surface area contributed by atoms with Crippen LogP contribution in [0.3, 0.4) is 0 Å². The van der Waals surface area contributed by atoms with Crippen LogP contribution in [0.4, 0.5) is 0 Å². The average Bonchev–Trinajstić information content (AvgIpc) is 2.35. The molecule has 1 amide bonds. The Morgan fingerprint density at radius 2 is 2.19 bits per heavy atom. The Bertz CT molecular complexity index is 395. The second kappa shape index (κ2) is 3.52. The lowest BCUT2D eigenvalue weighted by Gasteiger charge is -2.33. The van der Waals surface area contributed by atoms with Gasteiger partial charge in [-0.15, -0.1) is 11.8 Å². The Hall–Kier alpha value is -0.970. The van der Waals surface area contributed by atoms with Gasteiger partial charge in [-0.25, -0.2) is 4.79 Å². The number of hydrogen-bond acceptors (Lipinski definition) is 3. The van der Waals surface area contributed by atoms with Crippen LogP contribution in [0.2, 0.25) is 0 Å². The molecule has 4 nitrogen and oxygen atoms in total. The first-order chi connectivity index (χ1) is 7.29. The lowest BCUT2D eigenvalue weighted by molar-refractivity contribution is -0.145. The third kappa shape index (κ3) is 1.84. The Morgan fingerprint density at radius 3 is 2.62 bits per heavy atom. The van der Waals surface area contributed by atoms with Crippen LogP contribution in [0.15, 0.2) is 10.6 Å². The minimum atomic E-state index is -0.984. The summed E-state index contributed by atoms with van der Waals surface area (Å²) in [6.07, 6.45) is 1.18. The minimum Gasteiger partial charge on any atom is -0.477 e. The Morgan fingerprint density at radius 1 is 1.56 bits per heavy atom. The number of hydrogen-bond donors (Lipinski definition) is 1. The van der Waals surface area contributed by atoms with Crippen LogP contribution < -0.4 is 0 Å². The van der Waals surface area contributed by atoms with Crippen LogP contribution >= 0.6 is 11.8 Å². The highest BCUT2D eigenvalue weighted by Gasteiger charge is 2.48. The van der Waals surface area contributed by atoms with Crippen molar-refractivity contribution >= 4 is 23.6 Å². The molecule has 0 aromatic rings. The lowest BCUT2D eigenvalue weighted by atomic mass is 9.91. The zero-order valence-electron chi connectivity index (χ0n) is 9.61. The molecule has 0 saturated carbocycles. The van der Waals surface area contributed by atoms with Crippen LogP contribution in [0.25, 0.3) is 0 Å². The number of fused-ring (bicyclic) bond motifs is 1. The number of β-lactam (4-membered cyclic amide) rings is 1. The third-order valence-electron chi connectivity index (χ3n) is 2.58. The maximum atomic E-state index is 11.4. The van der Waals surface area contributed by atoms with Crippen molar-refractivity contribution in [1.29, 1.82) is 0 Å². The molecule has 0 unspecified atom stereocenters. The van der Waals surface area contributed by atoms with Crippen molar-refractivity contribution in [2.75, 3.05) is 0 Å². The molecule has 0 bridgehead atoms. The predicted octanol–water partition coefficient (Wildman–Crippen LogP) is 2.02. The van der Waals surface area contributed by atoms with E-state index in [-0.39, 0.29) is 22.4 Å². The van der Waals surface area contributed by atoms with E-state index in [9.17, 15) is 9.59 Å². The monoisotopic (exact) mass is 241 g/mol. The summed E-state index contributed by atoms with van der Waals surface area (Å²) in [7, 11) is 0. The van der Waals surface area contributed by atoms with Gasteiger partial charge in [-0.1, -0.05) is 20.8 Å². The van der Waals surface area contributed by atoms with Crippen molar-refractivity contribution in [1.82, 2.24) is 4.90 Å². The number of nitrogens with zero attached hydrogens (tertiary/aromatic N) is 1. The first-order valence-corrected chi connectivity index (χ1v) is 6.13. The number of thioether (sulfide) groups is 1. The van der Waals surface area contributed by atoms with E-state index in [1.807, 2.05) is 0 Å². The summed E-state index contributed by atoms with van der Waals surface area (Å²) in [4.78, 5) is 24.8. The molecule has 1 atom stereocenters. The van der Waals surface area contributed by atoms with Gasteiger partial charge in [0.1, 0.15) is 5.70 Å². The molecule has 0 aromatic carbocycles. The summed E-state index contributed by atoms with van der Waals surface area (Å²) >= 11 is 1.53. The lowest BCUT2D eigenvalue weighted by Crippen LogP contribution is -2.48. The summed E-state index contributed by atoms with van der Waals surface area (Å²) < 4.78 is 0. The molecule has 2 aliphatic heterocycles. The molecule has 2 heterocycles. The molecule has 5 heteroatoms. The van der Waals surface area contributed by atoms with Crippen molar-refractivity contribution in [2.24, 2.45) is 5.41 Å². The van der Waals surface area contributed by atoms with Crippen molar-refractivity contribution in [3.8, 4) is 0 Å². The fourth-order valence-electron chi connectivity index (χ4n) is 1.93. The maximum Gasteiger partial charge on any atom is 0.353 e. The SMILES string of the molecule is CC(C)(C)CC1=C(C(=O)O)N2C(=O)C[C@@H]2S1. The van der Waals surface area contributed by atoms with Gasteiger partial charge in [-0.3, -0.25) is 9.69 Å². The normalized spacial score (nSPS) is 24.6. The summed E-state index contributed by atoms with van der Waals surface area (Å²) in [5.74, 6) is -1.05. The van der Waals surface area contributed by atoms with Gasteiger partial charge in [0.05, 0.1) is 11.8 Å². The van der Waals surface area contributed by atoms with Crippen molar-refractivity contribution < 1.29 is 14.7 Å². The molecular weight excluding hydrogens is 226 g/mol. The molecule has 0 spiro atoms. The average molecular weight is 241 g/mol. The molecule has 1 N–H and O–H groups in total. The molecule has 2 rings (SSSR count). The number of amides is 1. The molecule has 1 fully saturated rings. The van der Waals surface area contributed by atoms with Gasteiger partial charge in [-0.2, -0.15) is 0 Å². The van der Waals surface area contributed by atoms with Crippen molar-refractivity contribution in [3.63, 3.8) is 0 Å². The van der Waals surface area contributed by atoms with Crippen LogP contribution in [0.5, 0.6) is 0 Å². The van der Waals surface area contributed by atoms with Gasteiger partial charge in [-0.05, 0) is 11.8 Å². The van der Waals surface area contributed by atoms with Crippen molar-refractivity contribution in [2.45, 2.75) is 39.0 Å². The van der Waals surface area contributed by atoms with E-state index in [0.717, 1.165) is 4.91 Å². The number of carboxylic acid groups (broad SMARTS) is 1. The van der Waals surface area contributed by atoms with E-state index >= 15 is 0 Å². The standard InChI is InChI=1S/C11H15NO3S/c1-11(2,3)5-6-9(10(14)15)12-7(13)4-8(12)16-6/h8H,4-5H2,1-3H3,(H,14,15)/t8-/m0/s1. The molecule has 0 aliphatic carbocycles. The molecule has 0 aromatic heterocycles. The second-order valence-corrected chi connectivity index (χ2v) is 6.63. The first-order valence-electron chi connectivity index (χ1n) is 5.25. The van der Waals surface area contributed by atoms with Gasteiger partial charge < -0.3 is 5.11 Å². The zero-order valence-corrected chi connectivity index (χ0v) is 10.4. The summed E-state index contributed by atoms with van der Waals surface area (Å²) in [5, 5.41) is 9.19. The van der Waals surface area contributed by atoms with E-state index in [2.05, 4.69) is 20.8 Å². The first kappa shape index (κ1) is 11.5. The van der Waals surface area contributed by atoms with E-state index in [1.165, 1.54) is 16.7 Å². The number of carbonyl (C=O) groups is 2. The van der Waals surface area contributed by atoms with E-state index in [1.54, 1.807) is 0 Å². The number of aliphatic carboxylic acids is 1. The Labute approximate surface area is 98.7 Å². The van der Waals surface area contributed by atoms with Gasteiger partial charge in [0.25, 0.3) is 0 Å². The van der Waals surface area contributed by atoms with Crippen LogP contribution in [0.1, 0.15) is 33.6 Å². The van der Waals surface area contributed by atoms with Crippen LogP contribution in [-0.4, -0.2) is 27.3 Å². The number of carboxylic acids is 1. The number of carbonyl (C=O) groups excluding carboxylic acids is 1. The second-order valence-electron chi connectivity index (χ2n) is 5.35. The topological polar surface area (TPSA) is 57.6 Å². The smallest absolute Gasteiger partial charge is 0.353 e. The fraction of sp³-hybridized carbons (Fsp3) is 0.636. The molecule has 0 radical (unpaired) electrons. The van der Waals surface area contributed by atoms with E-state index in [0.29, 0.717) is 12.8 Å². The molecule has 2 aliphatic rings. The molecule has 88 valence electrons. The highest BCUT2D eigenvalue weighted by molar-refractivity contribution is 8.04. The van der Waals surface area contributed by atoms with Gasteiger partial charge in [0.2, 0.25) is 5.91 Å². The van der Waals surface area contributed by atoms with Crippen LogP contribution in [0, 0.1) is 5.41 Å². The zero-order chi connectivity index (χ0) is 12.1. The van der Waals surface area contributed by atoms with E-state index < -0.39 is 5.97 Å². The predicted molar refractivity (Wildman–Crippen MR) is 61.6 cm³/mol. The van der Waals surface area contributed by atoms with Crippen LogP contribution in [-0.2, 0) is 9.59 Å². The Kier molecular flexibility index (Phi) is 2.53. The van der Waals surface area contributed by atoms with Gasteiger partial charge in [0.15, 0.2) is 0 Å². The van der Waals surface area contributed by atoms with Gasteiger partial charge in [0, 0.05) is 4.91 Å². The summed E-state index contributed by atoms with van der Waals surface area (Å²) in [6, 6.07) is 0. The third-order valence-corrected chi connectivity index (χ3v) is 3.85. The largest absolute Gasteiger partial charge is 0.477 e. The summed E-state index contributed by atoms with van der Waals surface area (Å²) in [5.41, 5.74) is 0.248. The fourth-order valence-corrected chi connectivity index (χ4v) is 3.63. The highest BCUT2D eigenvalue weighted by atomic mass is 32.2. The number of rotatable bonds is 2. The van der Waals surface area contributed by atoms with Crippen molar-refractivity contribution in [3.05, 3.63) is 10.6 Å². The summed E-state index contributed by atoms with van der Waals surface area (Å²) in [6.45, 7) is 6.20. The maximum absolute atomic E-state index is 11.4. The molecular formula is C11H15NO3S. The van der Waals surface area contributed by atoms with E-state index in [4.69, 9.17) is 5.11 Å². The molecule has 16 heavy (non-hydrogen) atoms. The Balaban J connectivity index is 2.29. The molecule has 1 saturated heterocycles.